The van der Waals surface area contributed by atoms with Gasteiger partial charge >= 0.3 is 0 Å². The van der Waals surface area contributed by atoms with Crippen molar-refractivity contribution in [2.24, 2.45) is 0 Å². The Morgan fingerprint density at radius 1 is 1.39 bits per heavy atom. The van der Waals surface area contributed by atoms with Gasteiger partial charge in [-0.2, -0.15) is 5.26 Å². The molecule has 0 amide bonds. The lowest BCUT2D eigenvalue weighted by molar-refractivity contribution is 0.289. The molecule has 92 valence electrons. The van der Waals surface area contributed by atoms with Crippen molar-refractivity contribution in [2.45, 2.75) is 19.6 Å². The fraction of sp³-hybridized carbons (Fsp3) is 0.231. The van der Waals surface area contributed by atoms with Crippen LogP contribution >= 0.6 is 11.6 Å². The van der Waals surface area contributed by atoms with E-state index < -0.39 is 0 Å². The van der Waals surface area contributed by atoms with Gasteiger partial charge in [0.1, 0.15) is 18.2 Å². The lowest BCUT2D eigenvalue weighted by Crippen LogP contribution is -2.06. The Hall–Kier alpha value is -1.99. The van der Waals surface area contributed by atoms with Gasteiger partial charge in [0, 0.05) is 18.9 Å². The smallest absolute Gasteiger partial charge is 0.146 e. The molecular weight excluding hydrogens is 250 g/mol. The van der Waals surface area contributed by atoms with E-state index in [0.717, 1.165) is 5.82 Å². The van der Waals surface area contributed by atoms with Gasteiger partial charge in [-0.05, 0) is 12.1 Å². The van der Waals surface area contributed by atoms with Gasteiger partial charge in [0.2, 0.25) is 0 Å². The molecular formula is C13H12ClN3O. The minimum atomic E-state index is 0.335. The molecule has 18 heavy (non-hydrogen) atoms. The Balaban J connectivity index is 2.01. The summed E-state index contributed by atoms with van der Waals surface area (Å²) in [5, 5.41) is 9.14. The summed E-state index contributed by atoms with van der Waals surface area (Å²) in [6.45, 7) is 0.958. The molecule has 0 saturated heterocycles. The average Bonchev–Trinajstić information content (AvgIpc) is 2.83. The summed E-state index contributed by atoms with van der Waals surface area (Å²) in [5.74, 6) is 1.42. The number of aryl methyl sites for hydroxylation is 1. The third kappa shape index (κ3) is 3.02. The molecule has 0 atom stereocenters. The number of nitriles is 1. The molecule has 1 heterocycles. The highest BCUT2D eigenvalue weighted by atomic mass is 35.5. The van der Waals surface area contributed by atoms with Crippen LogP contribution in [-0.2, 0) is 13.2 Å². The van der Waals surface area contributed by atoms with E-state index >= 15 is 0 Å². The normalized spacial score (nSPS) is 10.0. The van der Waals surface area contributed by atoms with Gasteiger partial charge in [0.25, 0.3) is 0 Å². The second-order valence-corrected chi connectivity index (χ2v) is 4.07. The monoisotopic (exact) mass is 261 g/mol. The Kier molecular flexibility index (Phi) is 4.21. The first-order chi connectivity index (χ1) is 8.81. The third-order valence-electron chi connectivity index (χ3n) is 2.46. The number of ether oxygens (including phenoxy) is 1. The second kappa shape index (κ2) is 6.08. The van der Waals surface area contributed by atoms with Gasteiger partial charge < -0.3 is 9.30 Å². The SMILES string of the molecule is N#CCCn1ccnc1COc1ccccc1Cl. The zero-order valence-corrected chi connectivity index (χ0v) is 10.5. The lowest BCUT2D eigenvalue weighted by atomic mass is 10.3. The quantitative estimate of drug-likeness (QED) is 0.831. The molecule has 0 aliphatic heterocycles. The van der Waals surface area contributed by atoms with Crippen LogP contribution in [0.1, 0.15) is 12.2 Å². The number of para-hydroxylation sites is 1. The maximum absolute atomic E-state index is 8.57. The van der Waals surface area contributed by atoms with Crippen LogP contribution in [0.4, 0.5) is 0 Å². The van der Waals surface area contributed by atoms with Gasteiger partial charge in [-0.15, -0.1) is 0 Å². The van der Waals surface area contributed by atoms with Gasteiger partial charge in [-0.1, -0.05) is 23.7 Å². The van der Waals surface area contributed by atoms with Crippen LogP contribution < -0.4 is 4.74 Å². The maximum Gasteiger partial charge on any atom is 0.146 e. The standard InChI is InChI=1S/C13H12ClN3O/c14-11-4-1-2-5-12(11)18-10-13-16-7-9-17(13)8-3-6-15/h1-2,4-5,7,9H,3,8,10H2. The molecule has 0 unspecified atom stereocenters. The number of nitrogens with zero attached hydrogens (tertiary/aromatic N) is 3. The Morgan fingerprint density at radius 3 is 3.00 bits per heavy atom. The highest BCUT2D eigenvalue weighted by Gasteiger charge is 2.05. The second-order valence-electron chi connectivity index (χ2n) is 3.66. The minimum absolute atomic E-state index is 0.335. The van der Waals surface area contributed by atoms with E-state index in [4.69, 9.17) is 21.6 Å². The first-order valence-corrected chi connectivity index (χ1v) is 5.93. The van der Waals surface area contributed by atoms with E-state index in [1.54, 1.807) is 12.3 Å². The predicted molar refractivity (Wildman–Crippen MR) is 68.2 cm³/mol. The largest absolute Gasteiger partial charge is 0.484 e. The van der Waals surface area contributed by atoms with E-state index in [1.165, 1.54) is 0 Å². The molecule has 0 fully saturated rings. The Labute approximate surface area is 110 Å². The van der Waals surface area contributed by atoms with Gasteiger partial charge in [0.15, 0.2) is 0 Å². The number of aromatic nitrogens is 2. The number of halogens is 1. The summed E-state index contributed by atoms with van der Waals surface area (Å²) in [6.07, 6.45) is 3.99. The van der Waals surface area contributed by atoms with Crippen LogP contribution in [0.5, 0.6) is 5.75 Å². The van der Waals surface area contributed by atoms with Crippen LogP contribution in [0.3, 0.4) is 0 Å². The molecule has 2 aromatic rings. The van der Waals surface area contributed by atoms with E-state index in [1.807, 2.05) is 29.0 Å². The summed E-state index contributed by atoms with van der Waals surface area (Å²) in [5.41, 5.74) is 0. The third-order valence-corrected chi connectivity index (χ3v) is 2.77. The van der Waals surface area contributed by atoms with E-state index in [9.17, 15) is 0 Å². The molecule has 0 bridgehead atoms. The summed E-state index contributed by atoms with van der Waals surface area (Å²) >= 11 is 5.99. The predicted octanol–water partition coefficient (Wildman–Crippen LogP) is 3.03. The van der Waals surface area contributed by atoms with Crippen molar-refractivity contribution >= 4 is 11.6 Å². The van der Waals surface area contributed by atoms with Crippen molar-refractivity contribution in [1.29, 1.82) is 5.26 Å². The fourth-order valence-electron chi connectivity index (χ4n) is 1.56. The van der Waals surface area contributed by atoms with E-state index in [2.05, 4.69) is 11.1 Å². The summed E-state index contributed by atoms with van der Waals surface area (Å²) in [6, 6.07) is 9.41. The average molecular weight is 262 g/mol. The van der Waals surface area contributed by atoms with Crippen molar-refractivity contribution in [1.82, 2.24) is 9.55 Å². The van der Waals surface area contributed by atoms with Crippen molar-refractivity contribution in [3.05, 3.63) is 47.5 Å². The van der Waals surface area contributed by atoms with E-state index in [0.29, 0.717) is 30.3 Å². The Morgan fingerprint density at radius 2 is 2.22 bits per heavy atom. The molecule has 5 heteroatoms. The molecule has 0 spiro atoms. The van der Waals surface area contributed by atoms with Gasteiger partial charge in [-0.3, -0.25) is 0 Å². The minimum Gasteiger partial charge on any atom is -0.484 e. The molecule has 1 aromatic heterocycles. The molecule has 0 N–H and O–H groups in total. The van der Waals surface area contributed by atoms with Crippen LogP contribution in [0.2, 0.25) is 5.02 Å². The molecule has 0 saturated carbocycles. The molecule has 1 aromatic carbocycles. The van der Waals surface area contributed by atoms with Crippen LogP contribution in [0.15, 0.2) is 36.7 Å². The number of benzene rings is 1. The number of hydrogen-bond acceptors (Lipinski definition) is 3. The molecule has 4 nitrogen and oxygen atoms in total. The topological polar surface area (TPSA) is 50.8 Å². The number of rotatable bonds is 5. The van der Waals surface area contributed by atoms with Gasteiger partial charge in [0.05, 0.1) is 17.5 Å². The van der Waals surface area contributed by atoms with Crippen molar-refractivity contribution in [3.8, 4) is 11.8 Å². The first kappa shape index (κ1) is 12.5. The van der Waals surface area contributed by atoms with Crippen molar-refractivity contribution in [2.75, 3.05) is 0 Å². The number of hydrogen-bond donors (Lipinski definition) is 0. The maximum atomic E-state index is 8.57. The zero-order chi connectivity index (χ0) is 12.8. The van der Waals surface area contributed by atoms with Crippen LogP contribution in [0.25, 0.3) is 0 Å². The summed E-state index contributed by atoms with van der Waals surface area (Å²) < 4.78 is 7.51. The molecule has 0 aliphatic rings. The first-order valence-electron chi connectivity index (χ1n) is 5.55. The fourth-order valence-corrected chi connectivity index (χ4v) is 1.75. The van der Waals surface area contributed by atoms with Gasteiger partial charge in [-0.25, -0.2) is 4.98 Å². The van der Waals surface area contributed by atoms with Crippen molar-refractivity contribution in [3.63, 3.8) is 0 Å². The van der Waals surface area contributed by atoms with E-state index in [-0.39, 0.29) is 0 Å². The molecule has 2 rings (SSSR count). The number of imidazole rings is 1. The summed E-state index contributed by atoms with van der Waals surface area (Å²) in [7, 11) is 0. The van der Waals surface area contributed by atoms with Crippen LogP contribution in [0, 0.1) is 11.3 Å². The molecule has 0 aliphatic carbocycles. The molecule has 0 radical (unpaired) electrons. The Bertz CT molecular complexity index is 559. The van der Waals surface area contributed by atoms with Crippen molar-refractivity contribution < 1.29 is 4.74 Å². The lowest BCUT2D eigenvalue weighted by Gasteiger charge is -2.09. The zero-order valence-electron chi connectivity index (χ0n) is 9.71. The van der Waals surface area contributed by atoms with Crippen LogP contribution in [-0.4, -0.2) is 9.55 Å². The summed E-state index contributed by atoms with van der Waals surface area (Å²) in [4.78, 5) is 4.20. The highest BCUT2D eigenvalue weighted by molar-refractivity contribution is 6.32. The highest BCUT2D eigenvalue weighted by Crippen LogP contribution is 2.23.